The summed E-state index contributed by atoms with van der Waals surface area (Å²) in [6.07, 6.45) is 3.84. The van der Waals surface area contributed by atoms with Crippen LogP contribution in [0.5, 0.6) is 0 Å². The predicted octanol–water partition coefficient (Wildman–Crippen LogP) is 9.72. The van der Waals surface area contributed by atoms with Crippen molar-refractivity contribution >= 4 is 54.0 Å². The molecular weight excluding hydrogens is 542 g/mol. The molecule has 0 amide bonds. The summed E-state index contributed by atoms with van der Waals surface area (Å²) in [5.74, 6) is 0. The van der Waals surface area contributed by atoms with Crippen LogP contribution in [0.15, 0.2) is 82.8 Å². The third-order valence-corrected chi connectivity index (χ3v) is 7.02. The fraction of sp³-hybridized carbons (Fsp3) is 0.250. The molecule has 0 bridgehead atoms. The molecule has 0 unspecified atom stereocenters. The van der Waals surface area contributed by atoms with E-state index in [4.69, 9.17) is 30.4 Å². The van der Waals surface area contributed by atoms with E-state index >= 15 is 0 Å². The number of nitrogens with zero attached hydrogens (tertiary/aromatic N) is 2. The fourth-order valence-electron chi connectivity index (χ4n) is 5.16. The minimum atomic E-state index is 0.569. The van der Waals surface area contributed by atoms with Crippen molar-refractivity contribution in [2.75, 3.05) is 0 Å². The van der Waals surface area contributed by atoms with E-state index in [9.17, 15) is 0 Å². The van der Waals surface area contributed by atoms with Crippen LogP contribution in [0.1, 0.15) is 61.1 Å². The number of hydrogen-bond acceptors (Lipinski definition) is 2. The number of hydrogen-bond donors (Lipinski definition) is 0. The van der Waals surface area contributed by atoms with Crippen molar-refractivity contribution in [2.45, 2.75) is 53.4 Å². The summed E-state index contributed by atoms with van der Waals surface area (Å²) in [7, 11) is 9.40. The van der Waals surface area contributed by atoms with Gasteiger partial charge >= 0.3 is 33.0 Å². The number of halogens is 2. The summed E-state index contributed by atoms with van der Waals surface area (Å²) in [5, 5.41) is 2.51. The molecule has 5 heteroatoms. The van der Waals surface area contributed by atoms with E-state index in [1.54, 1.807) is 0 Å². The van der Waals surface area contributed by atoms with Crippen LogP contribution in [0, 0.1) is 0 Å². The Kier molecular flexibility index (Phi) is 9.60. The van der Waals surface area contributed by atoms with Gasteiger partial charge in [-0.1, -0.05) is 100 Å². The van der Waals surface area contributed by atoms with E-state index in [0.717, 1.165) is 48.5 Å². The standard InChI is InChI=1S/C32H32N2.2ClH.Ni/c1-5-21-13-9-14-22(6-2)29(21)33-31-26-19-11-17-25-18-12-20-27(28(25)26)32(31)34-30-23(7-3)15-10-16-24(30)8-4;;;/h9-20H,5-8H2,1-4H3;2*1H;/q;;;+2/p-2. The SMILES string of the molecule is CCc1cccc(CC)c1N=C1C(=Nc2c(CC)cccc2CC)c2cccc3cccc1c23.[Cl][Ni][Cl]. The molecule has 0 fully saturated rings. The Morgan fingerprint density at radius 2 is 0.865 bits per heavy atom. The fourth-order valence-corrected chi connectivity index (χ4v) is 5.16. The van der Waals surface area contributed by atoms with Crippen molar-refractivity contribution in [2.24, 2.45) is 9.98 Å². The van der Waals surface area contributed by atoms with Gasteiger partial charge in [0.1, 0.15) is 0 Å². The van der Waals surface area contributed by atoms with Gasteiger partial charge in [0, 0.05) is 16.5 Å². The van der Waals surface area contributed by atoms with Gasteiger partial charge in [0.25, 0.3) is 0 Å². The Hall–Kier alpha value is -2.45. The van der Waals surface area contributed by atoms with E-state index in [0.29, 0.717) is 12.7 Å². The van der Waals surface area contributed by atoms with Crippen LogP contribution in [0.25, 0.3) is 10.8 Å². The Labute approximate surface area is 235 Å². The van der Waals surface area contributed by atoms with Gasteiger partial charge in [0.15, 0.2) is 0 Å². The molecule has 4 aromatic rings. The van der Waals surface area contributed by atoms with Gasteiger partial charge in [-0.15, -0.1) is 0 Å². The maximum absolute atomic E-state index is 5.41. The second-order valence-electron chi connectivity index (χ2n) is 8.94. The molecule has 1 aliphatic carbocycles. The van der Waals surface area contributed by atoms with Crippen molar-refractivity contribution in [1.29, 1.82) is 0 Å². The van der Waals surface area contributed by atoms with E-state index in [1.807, 2.05) is 0 Å². The van der Waals surface area contributed by atoms with Gasteiger partial charge in [-0.2, -0.15) is 0 Å². The molecule has 4 aromatic carbocycles. The Balaban J connectivity index is 0.00000102. The molecule has 0 atom stereocenters. The van der Waals surface area contributed by atoms with E-state index in [-0.39, 0.29) is 0 Å². The van der Waals surface area contributed by atoms with Gasteiger partial charge in [-0.3, -0.25) is 0 Å². The third kappa shape index (κ3) is 5.55. The molecule has 0 saturated carbocycles. The zero-order valence-electron chi connectivity index (χ0n) is 21.7. The molecule has 0 aromatic heterocycles. The number of para-hydroxylation sites is 2. The molecule has 194 valence electrons. The second kappa shape index (κ2) is 12.9. The summed E-state index contributed by atoms with van der Waals surface area (Å²) in [4.78, 5) is 10.8. The van der Waals surface area contributed by atoms with Crippen LogP contribution in [0.2, 0.25) is 0 Å². The topological polar surface area (TPSA) is 24.7 Å². The van der Waals surface area contributed by atoms with Crippen LogP contribution in [-0.4, -0.2) is 11.4 Å². The number of rotatable bonds is 6. The van der Waals surface area contributed by atoms with Crippen molar-refractivity contribution in [3.05, 3.63) is 106 Å². The molecular formula is C32H32Cl2N2Ni. The average molecular weight is 574 g/mol. The molecule has 0 N–H and O–H groups in total. The number of aliphatic imine (C=N–C) groups is 2. The molecule has 0 radical (unpaired) electrons. The Bertz CT molecular complexity index is 1320. The molecule has 0 spiro atoms. The molecule has 0 aliphatic heterocycles. The monoisotopic (exact) mass is 572 g/mol. The van der Waals surface area contributed by atoms with Crippen LogP contribution in [0.3, 0.4) is 0 Å². The first-order chi connectivity index (χ1) is 18.1. The normalized spacial score (nSPS) is 14.4. The van der Waals surface area contributed by atoms with E-state index in [2.05, 4.69) is 100 Å². The van der Waals surface area contributed by atoms with Crippen LogP contribution in [-0.2, 0) is 38.3 Å². The first-order valence-corrected chi connectivity index (χ1v) is 15.6. The number of benzene rings is 4. The van der Waals surface area contributed by atoms with E-state index in [1.165, 1.54) is 44.2 Å². The predicted molar refractivity (Wildman–Crippen MR) is 158 cm³/mol. The quantitative estimate of drug-likeness (QED) is 0.205. The summed E-state index contributed by atoms with van der Waals surface area (Å²) in [6, 6.07) is 26.2. The molecule has 0 heterocycles. The van der Waals surface area contributed by atoms with Crippen molar-refractivity contribution in [1.82, 2.24) is 0 Å². The summed E-state index contributed by atoms with van der Waals surface area (Å²) in [6.45, 7) is 8.84. The number of aryl methyl sites for hydroxylation is 4. The molecule has 2 nitrogen and oxygen atoms in total. The van der Waals surface area contributed by atoms with Crippen LogP contribution in [0.4, 0.5) is 11.4 Å². The van der Waals surface area contributed by atoms with Gasteiger partial charge < -0.3 is 0 Å². The zero-order valence-corrected chi connectivity index (χ0v) is 24.2. The van der Waals surface area contributed by atoms with Gasteiger partial charge in [0.2, 0.25) is 0 Å². The van der Waals surface area contributed by atoms with Crippen LogP contribution >= 0.6 is 20.4 Å². The first kappa shape index (κ1) is 27.6. The zero-order chi connectivity index (χ0) is 26.4. The van der Waals surface area contributed by atoms with Gasteiger partial charge in [-0.25, -0.2) is 9.98 Å². The first-order valence-electron chi connectivity index (χ1n) is 12.9. The van der Waals surface area contributed by atoms with Crippen molar-refractivity contribution in [3.63, 3.8) is 0 Å². The van der Waals surface area contributed by atoms with Crippen molar-refractivity contribution < 1.29 is 12.7 Å². The summed E-state index contributed by atoms with van der Waals surface area (Å²) < 4.78 is 0. The molecule has 0 saturated heterocycles. The van der Waals surface area contributed by atoms with Gasteiger partial charge in [-0.05, 0) is 53.3 Å². The van der Waals surface area contributed by atoms with Gasteiger partial charge in [0.05, 0.1) is 22.8 Å². The molecule has 37 heavy (non-hydrogen) atoms. The third-order valence-electron chi connectivity index (χ3n) is 7.02. The van der Waals surface area contributed by atoms with Crippen LogP contribution < -0.4 is 0 Å². The van der Waals surface area contributed by atoms with Crippen molar-refractivity contribution in [3.8, 4) is 0 Å². The Morgan fingerprint density at radius 1 is 0.541 bits per heavy atom. The minimum absolute atomic E-state index is 0.569. The van der Waals surface area contributed by atoms with E-state index < -0.39 is 0 Å². The Morgan fingerprint density at radius 3 is 1.19 bits per heavy atom. The maximum atomic E-state index is 5.41. The average Bonchev–Trinajstić information content (AvgIpc) is 3.23. The second-order valence-corrected chi connectivity index (χ2v) is 10.6. The molecule has 1 aliphatic rings. The molecule has 5 rings (SSSR count). The summed E-state index contributed by atoms with van der Waals surface area (Å²) in [5.41, 5.74) is 11.7. The summed E-state index contributed by atoms with van der Waals surface area (Å²) >= 11 is 0.569.